The van der Waals surface area contributed by atoms with Gasteiger partial charge in [0, 0.05) is 25.3 Å². The summed E-state index contributed by atoms with van der Waals surface area (Å²) < 4.78 is 5.72. The summed E-state index contributed by atoms with van der Waals surface area (Å²) in [6, 6.07) is 8.14. The van der Waals surface area contributed by atoms with Crippen molar-refractivity contribution in [3.05, 3.63) is 29.8 Å². The smallest absolute Gasteiger partial charge is 0.230 e. The molecule has 1 amide bonds. The van der Waals surface area contributed by atoms with E-state index in [0.717, 1.165) is 24.2 Å². The van der Waals surface area contributed by atoms with Crippen molar-refractivity contribution >= 4 is 11.6 Å². The largest absolute Gasteiger partial charge is 0.385 e. The molecule has 1 aromatic rings. The van der Waals surface area contributed by atoms with Crippen molar-refractivity contribution in [1.29, 1.82) is 0 Å². The number of amides is 1. The molecule has 0 radical (unpaired) electrons. The number of benzene rings is 1. The first-order valence-corrected chi connectivity index (χ1v) is 7.42. The minimum absolute atomic E-state index is 0.00931. The van der Waals surface area contributed by atoms with Crippen molar-refractivity contribution in [2.24, 2.45) is 0 Å². The fraction of sp³-hybridized carbons (Fsp3) is 0.562. The van der Waals surface area contributed by atoms with Gasteiger partial charge in [-0.2, -0.15) is 0 Å². The van der Waals surface area contributed by atoms with E-state index in [-0.39, 0.29) is 24.0 Å². The van der Waals surface area contributed by atoms with Crippen LogP contribution in [0.15, 0.2) is 24.3 Å². The van der Waals surface area contributed by atoms with Crippen LogP contribution in [0, 0.1) is 0 Å². The topological polar surface area (TPSA) is 41.6 Å². The molecule has 1 saturated heterocycles. The van der Waals surface area contributed by atoms with Crippen LogP contribution in [0.1, 0.15) is 31.7 Å². The summed E-state index contributed by atoms with van der Waals surface area (Å²) in [4.78, 5) is 14.8. The summed E-state index contributed by atoms with van der Waals surface area (Å²) in [6.07, 6.45) is 1.12. The van der Waals surface area contributed by atoms with E-state index in [1.165, 1.54) is 0 Å². The molecule has 0 aliphatic carbocycles. The second-order valence-corrected chi connectivity index (χ2v) is 5.86. The SMILES string of the molecule is CC1CN(C(=O)C2CCNc3ccccc32)CC(C)O1. The number of anilines is 1. The number of carbonyl (C=O) groups is 1. The van der Waals surface area contributed by atoms with Gasteiger partial charge in [-0.15, -0.1) is 0 Å². The number of nitrogens with one attached hydrogen (secondary N) is 1. The number of para-hydroxylation sites is 1. The highest BCUT2D eigenvalue weighted by atomic mass is 16.5. The maximum Gasteiger partial charge on any atom is 0.230 e. The normalized spacial score (nSPS) is 29.5. The minimum Gasteiger partial charge on any atom is -0.385 e. The Morgan fingerprint density at radius 3 is 2.70 bits per heavy atom. The Bertz CT molecular complexity index is 493. The molecule has 2 aliphatic rings. The molecule has 0 saturated carbocycles. The van der Waals surface area contributed by atoms with E-state index in [9.17, 15) is 4.79 Å². The van der Waals surface area contributed by atoms with Crippen molar-refractivity contribution in [3.8, 4) is 0 Å². The van der Waals surface area contributed by atoms with E-state index in [0.29, 0.717) is 13.1 Å². The van der Waals surface area contributed by atoms with Crippen LogP contribution in [0.4, 0.5) is 5.69 Å². The highest BCUT2D eigenvalue weighted by Gasteiger charge is 2.33. The molecule has 2 aliphatic heterocycles. The third-order valence-corrected chi connectivity index (χ3v) is 4.11. The zero-order valence-corrected chi connectivity index (χ0v) is 12.1. The van der Waals surface area contributed by atoms with Gasteiger partial charge in [0.15, 0.2) is 0 Å². The number of hydrogen-bond donors (Lipinski definition) is 1. The molecule has 4 heteroatoms. The van der Waals surface area contributed by atoms with Crippen molar-refractivity contribution in [2.75, 3.05) is 25.0 Å². The fourth-order valence-corrected chi connectivity index (χ4v) is 3.30. The average molecular weight is 274 g/mol. The maximum atomic E-state index is 12.8. The third kappa shape index (κ3) is 2.52. The predicted octanol–water partition coefficient (Wildman–Crippen LogP) is 2.22. The molecule has 3 unspecified atom stereocenters. The van der Waals surface area contributed by atoms with Crippen LogP contribution < -0.4 is 5.32 Å². The standard InChI is InChI=1S/C16H22N2O2/c1-11-9-18(10-12(2)20-11)16(19)14-7-8-17-15-6-4-3-5-13(14)15/h3-6,11-12,14,17H,7-10H2,1-2H3. The maximum absolute atomic E-state index is 12.8. The molecular weight excluding hydrogens is 252 g/mol. The first kappa shape index (κ1) is 13.4. The van der Waals surface area contributed by atoms with Gasteiger partial charge in [0.2, 0.25) is 5.91 Å². The Morgan fingerprint density at radius 1 is 1.25 bits per heavy atom. The molecule has 108 valence electrons. The summed E-state index contributed by atoms with van der Waals surface area (Å²) in [5.74, 6) is 0.242. The lowest BCUT2D eigenvalue weighted by atomic mass is 9.89. The van der Waals surface area contributed by atoms with Crippen LogP contribution in [0.5, 0.6) is 0 Å². The van der Waals surface area contributed by atoms with Crippen molar-refractivity contribution in [3.63, 3.8) is 0 Å². The van der Waals surface area contributed by atoms with Gasteiger partial charge in [0.05, 0.1) is 18.1 Å². The van der Waals surface area contributed by atoms with Gasteiger partial charge < -0.3 is 15.0 Å². The molecule has 1 fully saturated rings. The van der Waals surface area contributed by atoms with Gasteiger partial charge in [-0.1, -0.05) is 18.2 Å². The van der Waals surface area contributed by atoms with Crippen molar-refractivity contribution in [2.45, 2.75) is 38.4 Å². The number of carbonyl (C=O) groups excluding carboxylic acids is 1. The molecule has 1 N–H and O–H groups in total. The first-order chi connectivity index (χ1) is 9.65. The number of hydrogen-bond acceptors (Lipinski definition) is 3. The van der Waals surface area contributed by atoms with E-state index in [1.54, 1.807) is 0 Å². The highest BCUT2D eigenvalue weighted by Crippen LogP contribution is 2.33. The van der Waals surface area contributed by atoms with E-state index in [2.05, 4.69) is 17.4 Å². The van der Waals surface area contributed by atoms with E-state index in [1.807, 2.05) is 30.9 Å². The molecular formula is C16H22N2O2. The van der Waals surface area contributed by atoms with Gasteiger partial charge in [-0.05, 0) is 31.9 Å². The zero-order valence-electron chi connectivity index (χ0n) is 12.1. The quantitative estimate of drug-likeness (QED) is 0.854. The Hall–Kier alpha value is -1.55. The number of morpholine rings is 1. The van der Waals surface area contributed by atoms with E-state index in [4.69, 9.17) is 4.74 Å². The molecule has 0 aromatic heterocycles. The van der Waals surface area contributed by atoms with Crippen molar-refractivity contribution in [1.82, 2.24) is 4.90 Å². The molecule has 1 aromatic carbocycles. The highest BCUT2D eigenvalue weighted by molar-refractivity contribution is 5.86. The number of rotatable bonds is 1. The van der Waals surface area contributed by atoms with Gasteiger partial charge >= 0.3 is 0 Å². The monoisotopic (exact) mass is 274 g/mol. The average Bonchev–Trinajstić information content (AvgIpc) is 2.45. The van der Waals surface area contributed by atoms with E-state index >= 15 is 0 Å². The second kappa shape index (κ2) is 5.44. The third-order valence-electron chi connectivity index (χ3n) is 4.11. The summed E-state index contributed by atoms with van der Waals surface area (Å²) in [7, 11) is 0. The number of nitrogens with zero attached hydrogens (tertiary/aromatic N) is 1. The summed E-state index contributed by atoms with van der Waals surface area (Å²) in [5, 5.41) is 3.37. The summed E-state index contributed by atoms with van der Waals surface area (Å²) in [6.45, 7) is 6.34. The Balaban J connectivity index is 1.81. The Labute approximate surface area is 120 Å². The lowest BCUT2D eigenvalue weighted by molar-refractivity contribution is -0.144. The van der Waals surface area contributed by atoms with Crippen molar-refractivity contribution < 1.29 is 9.53 Å². The number of ether oxygens (including phenoxy) is 1. The van der Waals surface area contributed by atoms with Crippen LogP contribution in [0.3, 0.4) is 0 Å². The number of fused-ring (bicyclic) bond motifs is 1. The second-order valence-electron chi connectivity index (χ2n) is 5.86. The van der Waals surface area contributed by atoms with Crippen LogP contribution in [-0.4, -0.2) is 42.6 Å². The predicted molar refractivity (Wildman–Crippen MR) is 78.9 cm³/mol. The Morgan fingerprint density at radius 2 is 1.95 bits per heavy atom. The van der Waals surface area contributed by atoms with Gasteiger partial charge in [-0.3, -0.25) is 4.79 Å². The minimum atomic E-state index is -0.00931. The van der Waals surface area contributed by atoms with Crippen LogP contribution >= 0.6 is 0 Å². The van der Waals surface area contributed by atoms with Crippen LogP contribution in [0.2, 0.25) is 0 Å². The summed E-state index contributed by atoms with van der Waals surface area (Å²) >= 11 is 0. The van der Waals surface area contributed by atoms with Crippen LogP contribution in [-0.2, 0) is 9.53 Å². The van der Waals surface area contributed by atoms with E-state index < -0.39 is 0 Å². The van der Waals surface area contributed by atoms with Gasteiger partial charge in [0.1, 0.15) is 0 Å². The molecule has 3 rings (SSSR count). The van der Waals surface area contributed by atoms with Gasteiger partial charge in [-0.25, -0.2) is 0 Å². The summed E-state index contributed by atoms with van der Waals surface area (Å²) in [5.41, 5.74) is 2.24. The first-order valence-electron chi connectivity index (χ1n) is 7.42. The molecule has 2 heterocycles. The molecule has 3 atom stereocenters. The van der Waals surface area contributed by atoms with Gasteiger partial charge in [0.25, 0.3) is 0 Å². The Kier molecular flexibility index (Phi) is 3.66. The molecule has 0 bridgehead atoms. The lowest BCUT2D eigenvalue weighted by Crippen LogP contribution is -2.50. The molecule has 4 nitrogen and oxygen atoms in total. The molecule has 0 spiro atoms. The fourth-order valence-electron chi connectivity index (χ4n) is 3.30. The zero-order chi connectivity index (χ0) is 14.1. The molecule has 20 heavy (non-hydrogen) atoms. The lowest BCUT2D eigenvalue weighted by Gasteiger charge is -2.38. The van der Waals surface area contributed by atoms with Crippen LogP contribution in [0.25, 0.3) is 0 Å².